The second-order valence-corrected chi connectivity index (χ2v) is 3.51. The first-order valence-electron chi connectivity index (χ1n) is 4.61. The highest BCUT2D eigenvalue weighted by Gasteiger charge is 2.23. The van der Waals surface area contributed by atoms with E-state index >= 15 is 0 Å². The van der Waals surface area contributed by atoms with E-state index in [4.69, 9.17) is 0 Å². The van der Waals surface area contributed by atoms with E-state index in [1.807, 2.05) is 4.90 Å². The largest absolute Gasteiger partial charge is 0.340 e. The van der Waals surface area contributed by atoms with Crippen LogP contribution in [0.5, 0.6) is 0 Å². The monoisotopic (exact) mass is 170 g/mol. The van der Waals surface area contributed by atoms with Crippen LogP contribution in [0.1, 0.15) is 20.3 Å². The first-order valence-corrected chi connectivity index (χ1v) is 4.61. The van der Waals surface area contributed by atoms with Gasteiger partial charge in [0.05, 0.1) is 0 Å². The molecule has 0 aromatic rings. The Kier molecular flexibility index (Phi) is 3.09. The molecular weight excluding hydrogens is 152 g/mol. The molecule has 1 aliphatic heterocycles. The molecule has 1 aliphatic rings. The molecule has 0 saturated carbocycles. The van der Waals surface area contributed by atoms with Crippen LogP contribution in [0.3, 0.4) is 0 Å². The molecule has 1 atom stereocenters. The van der Waals surface area contributed by atoms with Gasteiger partial charge in [0.1, 0.15) is 0 Å². The van der Waals surface area contributed by atoms with Crippen molar-refractivity contribution >= 4 is 5.91 Å². The summed E-state index contributed by atoms with van der Waals surface area (Å²) in [6.45, 7) is 6.63. The standard InChI is InChI=1S/C9H18N2O/c1-4-9-7-11(8(2)12)6-5-10(9)3/h9H,4-7H2,1-3H3. The summed E-state index contributed by atoms with van der Waals surface area (Å²) in [5.74, 6) is 0.210. The quantitative estimate of drug-likeness (QED) is 0.574. The minimum atomic E-state index is 0.210. The lowest BCUT2D eigenvalue weighted by atomic mass is 10.1. The van der Waals surface area contributed by atoms with Crippen molar-refractivity contribution < 1.29 is 4.79 Å². The van der Waals surface area contributed by atoms with Gasteiger partial charge in [0.2, 0.25) is 5.91 Å². The van der Waals surface area contributed by atoms with E-state index in [1.54, 1.807) is 6.92 Å². The average molecular weight is 170 g/mol. The second kappa shape index (κ2) is 3.90. The topological polar surface area (TPSA) is 23.6 Å². The lowest BCUT2D eigenvalue weighted by Gasteiger charge is -2.38. The number of hydrogen-bond donors (Lipinski definition) is 0. The number of amides is 1. The third kappa shape index (κ3) is 1.97. The summed E-state index contributed by atoms with van der Waals surface area (Å²) in [5, 5.41) is 0. The molecule has 0 aromatic heterocycles. The van der Waals surface area contributed by atoms with Gasteiger partial charge in [-0.15, -0.1) is 0 Å². The van der Waals surface area contributed by atoms with Gasteiger partial charge in [0.25, 0.3) is 0 Å². The van der Waals surface area contributed by atoms with E-state index in [-0.39, 0.29) is 5.91 Å². The summed E-state index contributed by atoms with van der Waals surface area (Å²) in [4.78, 5) is 15.3. The van der Waals surface area contributed by atoms with Crippen LogP contribution in [0.2, 0.25) is 0 Å². The van der Waals surface area contributed by atoms with E-state index in [0.717, 1.165) is 26.1 Å². The maximum atomic E-state index is 11.1. The van der Waals surface area contributed by atoms with Gasteiger partial charge in [0, 0.05) is 32.6 Å². The molecule has 0 radical (unpaired) electrons. The van der Waals surface area contributed by atoms with Crippen molar-refractivity contribution in [2.45, 2.75) is 26.3 Å². The maximum absolute atomic E-state index is 11.1. The Morgan fingerprint density at radius 2 is 2.17 bits per heavy atom. The molecule has 0 aromatic carbocycles. The molecule has 12 heavy (non-hydrogen) atoms. The Morgan fingerprint density at radius 1 is 1.50 bits per heavy atom. The molecule has 0 N–H and O–H groups in total. The fraction of sp³-hybridized carbons (Fsp3) is 0.889. The first kappa shape index (κ1) is 9.52. The van der Waals surface area contributed by atoms with Crippen LogP contribution in [-0.4, -0.2) is 48.4 Å². The summed E-state index contributed by atoms with van der Waals surface area (Å²) in [6, 6.07) is 0.558. The molecule has 1 heterocycles. The summed E-state index contributed by atoms with van der Waals surface area (Å²) >= 11 is 0. The van der Waals surface area contributed by atoms with Crippen LogP contribution in [0.15, 0.2) is 0 Å². The fourth-order valence-electron chi connectivity index (χ4n) is 1.67. The molecule has 1 saturated heterocycles. The van der Waals surface area contributed by atoms with Crippen molar-refractivity contribution in [3.63, 3.8) is 0 Å². The number of rotatable bonds is 1. The number of piperazine rings is 1. The molecule has 1 amide bonds. The molecule has 0 aliphatic carbocycles. The summed E-state index contributed by atoms with van der Waals surface area (Å²) in [5.41, 5.74) is 0. The third-order valence-corrected chi connectivity index (χ3v) is 2.69. The maximum Gasteiger partial charge on any atom is 0.219 e. The van der Waals surface area contributed by atoms with Crippen LogP contribution in [0.4, 0.5) is 0 Å². The van der Waals surface area contributed by atoms with Gasteiger partial charge in [-0.2, -0.15) is 0 Å². The van der Waals surface area contributed by atoms with Gasteiger partial charge in [-0.1, -0.05) is 6.92 Å². The smallest absolute Gasteiger partial charge is 0.219 e. The number of carbonyl (C=O) groups excluding carboxylic acids is 1. The summed E-state index contributed by atoms with van der Waals surface area (Å²) < 4.78 is 0. The van der Waals surface area contributed by atoms with Gasteiger partial charge < -0.3 is 4.90 Å². The average Bonchev–Trinajstić information content (AvgIpc) is 2.05. The first-order chi connectivity index (χ1) is 5.65. The van der Waals surface area contributed by atoms with Crippen LogP contribution < -0.4 is 0 Å². The van der Waals surface area contributed by atoms with E-state index in [2.05, 4.69) is 18.9 Å². The highest BCUT2D eigenvalue weighted by Crippen LogP contribution is 2.10. The molecule has 1 fully saturated rings. The van der Waals surface area contributed by atoms with Gasteiger partial charge in [-0.25, -0.2) is 0 Å². The van der Waals surface area contributed by atoms with E-state index in [9.17, 15) is 4.79 Å². The minimum absolute atomic E-state index is 0.210. The van der Waals surface area contributed by atoms with Gasteiger partial charge >= 0.3 is 0 Å². The zero-order chi connectivity index (χ0) is 9.14. The van der Waals surface area contributed by atoms with Crippen molar-refractivity contribution in [1.29, 1.82) is 0 Å². The van der Waals surface area contributed by atoms with Gasteiger partial charge in [-0.3, -0.25) is 9.69 Å². The van der Waals surface area contributed by atoms with E-state index in [1.165, 1.54) is 0 Å². The summed E-state index contributed by atoms with van der Waals surface area (Å²) in [6.07, 6.45) is 1.13. The van der Waals surface area contributed by atoms with Crippen LogP contribution in [0, 0.1) is 0 Å². The highest BCUT2D eigenvalue weighted by atomic mass is 16.2. The zero-order valence-corrected chi connectivity index (χ0v) is 8.21. The van der Waals surface area contributed by atoms with Crippen molar-refractivity contribution in [2.24, 2.45) is 0 Å². The molecule has 1 rings (SSSR count). The lowest BCUT2D eigenvalue weighted by Crippen LogP contribution is -2.52. The molecule has 3 heteroatoms. The molecule has 0 spiro atoms. The Morgan fingerprint density at radius 3 is 2.67 bits per heavy atom. The molecule has 1 unspecified atom stereocenters. The third-order valence-electron chi connectivity index (χ3n) is 2.69. The SMILES string of the molecule is CCC1CN(C(C)=O)CCN1C. The van der Waals surface area contributed by atoms with Crippen molar-refractivity contribution in [3.05, 3.63) is 0 Å². The minimum Gasteiger partial charge on any atom is -0.340 e. The van der Waals surface area contributed by atoms with Crippen LogP contribution in [0.25, 0.3) is 0 Å². The van der Waals surface area contributed by atoms with Crippen molar-refractivity contribution in [1.82, 2.24) is 9.80 Å². The number of likely N-dealkylation sites (N-methyl/N-ethyl adjacent to an activating group) is 1. The predicted octanol–water partition coefficient (Wildman–Crippen LogP) is 0.559. The van der Waals surface area contributed by atoms with Crippen molar-refractivity contribution in [2.75, 3.05) is 26.7 Å². The molecule has 3 nitrogen and oxygen atoms in total. The highest BCUT2D eigenvalue weighted by molar-refractivity contribution is 5.73. The number of hydrogen-bond acceptors (Lipinski definition) is 2. The van der Waals surface area contributed by atoms with Crippen molar-refractivity contribution in [3.8, 4) is 0 Å². The van der Waals surface area contributed by atoms with Gasteiger partial charge in [0.15, 0.2) is 0 Å². The molecular formula is C9H18N2O. The number of nitrogens with zero attached hydrogens (tertiary/aromatic N) is 2. The van der Waals surface area contributed by atoms with Crippen LogP contribution in [-0.2, 0) is 4.79 Å². The number of carbonyl (C=O) groups is 1. The Hall–Kier alpha value is -0.570. The summed E-state index contributed by atoms with van der Waals surface area (Å²) in [7, 11) is 2.13. The molecule has 0 bridgehead atoms. The normalized spacial score (nSPS) is 25.9. The predicted molar refractivity (Wildman–Crippen MR) is 49.0 cm³/mol. The fourth-order valence-corrected chi connectivity index (χ4v) is 1.67. The second-order valence-electron chi connectivity index (χ2n) is 3.51. The Labute approximate surface area is 74.3 Å². The Balaban J connectivity index is 2.49. The van der Waals surface area contributed by atoms with E-state index in [0.29, 0.717) is 6.04 Å². The van der Waals surface area contributed by atoms with Crippen LogP contribution >= 0.6 is 0 Å². The lowest BCUT2D eigenvalue weighted by molar-refractivity contribution is -0.131. The van der Waals surface area contributed by atoms with Gasteiger partial charge in [-0.05, 0) is 13.5 Å². The molecule has 70 valence electrons. The van der Waals surface area contributed by atoms with E-state index < -0.39 is 0 Å². The zero-order valence-electron chi connectivity index (χ0n) is 8.21. The Bertz CT molecular complexity index is 170.